The van der Waals surface area contributed by atoms with Gasteiger partial charge < -0.3 is 19.5 Å². The molecule has 3 aromatic rings. The molecule has 0 saturated heterocycles. The minimum absolute atomic E-state index is 0.133. The number of carbonyl (C=O) groups excluding carboxylic acids is 2. The molecular formula is C21H20F3N3O5S. The Balaban J connectivity index is 1.47. The van der Waals surface area contributed by atoms with Gasteiger partial charge in [-0.25, -0.2) is 14.6 Å². The van der Waals surface area contributed by atoms with Crippen molar-refractivity contribution in [3.05, 3.63) is 54.1 Å². The second-order valence-corrected chi connectivity index (χ2v) is 7.73. The van der Waals surface area contributed by atoms with Gasteiger partial charge in [-0.3, -0.25) is 5.32 Å². The summed E-state index contributed by atoms with van der Waals surface area (Å²) in [6.07, 6.45) is -6.54. The molecule has 1 aromatic heterocycles. The molecule has 1 atom stereocenters. The summed E-state index contributed by atoms with van der Waals surface area (Å²) in [6, 6.07) is 12.9. The number of benzene rings is 2. The van der Waals surface area contributed by atoms with E-state index in [-0.39, 0.29) is 17.5 Å². The second kappa shape index (κ2) is 10.9. The van der Waals surface area contributed by atoms with Crippen LogP contribution in [0.5, 0.6) is 5.75 Å². The standard InChI is InChI=1S/C21H20F3N3O5S/c1-2-14(31-19(28)25-11-13-6-4-3-5-7-13)12-30-20(29)27-18-26-16-9-8-15(10-17(16)33-18)32-21(22,23)24/h3-10,14H,2,11-12H2,1H3,(H,25,28)(H,26,27,29). The van der Waals surface area contributed by atoms with E-state index in [2.05, 4.69) is 20.4 Å². The summed E-state index contributed by atoms with van der Waals surface area (Å²) in [4.78, 5) is 28.1. The number of alkyl carbamates (subject to hydrolysis) is 1. The van der Waals surface area contributed by atoms with Crippen molar-refractivity contribution in [3.8, 4) is 5.75 Å². The molecule has 0 radical (unpaired) electrons. The number of hydrogen-bond donors (Lipinski definition) is 2. The molecule has 0 aliphatic heterocycles. The van der Waals surface area contributed by atoms with Crippen molar-refractivity contribution in [2.45, 2.75) is 32.4 Å². The number of nitrogens with one attached hydrogen (secondary N) is 2. The molecule has 0 spiro atoms. The highest BCUT2D eigenvalue weighted by molar-refractivity contribution is 7.22. The summed E-state index contributed by atoms with van der Waals surface area (Å²) >= 11 is 0.955. The third-order valence-corrected chi connectivity index (χ3v) is 5.15. The number of rotatable bonds is 8. The fourth-order valence-corrected chi connectivity index (χ4v) is 3.53. The molecule has 12 heteroatoms. The number of fused-ring (bicyclic) bond motifs is 1. The lowest BCUT2D eigenvalue weighted by Gasteiger charge is -2.16. The van der Waals surface area contributed by atoms with Crippen LogP contribution in [-0.4, -0.2) is 36.2 Å². The predicted octanol–water partition coefficient (Wildman–Crippen LogP) is 5.45. The first-order valence-electron chi connectivity index (χ1n) is 9.80. The van der Waals surface area contributed by atoms with Crippen LogP contribution >= 0.6 is 11.3 Å². The minimum Gasteiger partial charge on any atom is -0.445 e. The zero-order chi connectivity index (χ0) is 23.8. The Bertz CT molecular complexity index is 1090. The normalized spacial score (nSPS) is 12.1. The van der Waals surface area contributed by atoms with Crippen LogP contribution in [0.15, 0.2) is 48.5 Å². The number of carbonyl (C=O) groups is 2. The number of thiazole rings is 1. The van der Waals surface area contributed by atoms with Gasteiger partial charge in [-0.05, 0) is 24.1 Å². The quantitative estimate of drug-likeness (QED) is 0.442. The summed E-state index contributed by atoms with van der Waals surface area (Å²) < 4.78 is 51.7. The van der Waals surface area contributed by atoms with E-state index >= 15 is 0 Å². The van der Waals surface area contributed by atoms with Crippen LogP contribution in [0.3, 0.4) is 0 Å². The highest BCUT2D eigenvalue weighted by atomic mass is 32.1. The number of ether oxygens (including phenoxy) is 3. The maximum absolute atomic E-state index is 12.4. The first kappa shape index (κ1) is 24.1. The molecule has 0 aliphatic rings. The van der Waals surface area contributed by atoms with E-state index in [4.69, 9.17) is 9.47 Å². The predicted molar refractivity (Wildman–Crippen MR) is 115 cm³/mol. The van der Waals surface area contributed by atoms with Gasteiger partial charge in [-0.2, -0.15) is 0 Å². The molecule has 2 aromatic carbocycles. The van der Waals surface area contributed by atoms with Crippen molar-refractivity contribution >= 4 is 38.9 Å². The highest BCUT2D eigenvalue weighted by Crippen LogP contribution is 2.31. The van der Waals surface area contributed by atoms with Crippen LogP contribution < -0.4 is 15.4 Å². The van der Waals surface area contributed by atoms with Crippen molar-refractivity contribution < 1.29 is 37.0 Å². The van der Waals surface area contributed by atoms with Gasteiger partial charge in [0, 0.05) is 12.6 Å². The van der Waals surface area contributed by atoms with Crippen LogP contribution in [0.4, 0.5) is 27.9 Å². The fraction of sp³-hybridized carbons (Fsp3) is 0.286. The maximum atomic E-state index is 12.4. The molecule has 3 rings (SSSR count). The Labute approximate surface area is 190 Å². The van der Waals surface area contributed by atoms with Gasteiger partial charge in [0.2, 0.25) is 0 Å². The molecule has 2 N–H and O–H groups in total. The summed E-state index contributed by atoms with van der Waals surface area (Å²) in [6.45, 7) is 1.88. The Morgan fingerprint density at radius 1 is 1.12 bits per heavy atom. The van der Waals surface area contributed by atoms with Crippen LogP contribution in [-0.2, 0) is 16.0 Å². The number of hydrogen-bond acceptors (Lipinski definition) is 7. The maximum Gasteiger partial charge on any atom is 0.573 e. The molecule has 176 valence electrons. The van der Waals surface area contributed by atoms with E-state index in [1.165, 1.54) is 12.1 Å². The Hall–Kier alpha value is -3.54. The van der Waals surface area contributed by atoms with Crippen LogP contribution in [0, 0.1) is 0 Å². The minimum atomic E-state index is -4.81. The molecule has 33 heavy (non-hydrogen) atoms. The number of aromatic nitrogens is 1. The number of anilines is 1. The lowest BCUT2D eigenvalue weighted by molar-refractivity contribution is -0.274. The summed E-state index contributed by atoms with van der Waals surface area (Å²) in [5.41, 5.74) is 1.29. The lowest BCUT2D eigenvalue weighted by Crippen LogP contribution is -2.32. The van der Waals surface area contributed by atoms with E-state index < -0.39 is 24.7 Å². The average molecular weight is 483 g/mol. The van der Waals surface area contributed by atoms with Gasteiger partial charge in [0.15, 0.2) is 5.13 Å². The Morgan fingerprint density at radius 3 is 2.58 bits per heavy atom. The van der Waals surface area contributed by atoms with E-state index in [9.17, 15) is 22.8 Å². The smallest absolute Gasteiger partial charge is 0.445 e. The SMILES string of the molecule is CCC(COC(=O)Nc1nc2ccc(OC(F)(F)F)cc2s1)OC(=O)NCc1ccccc1. The number of alkyl halides is 3. The van der Waals surface area contributed by atoms with E-state index in [0.717, 1.165) is 23.0 Å². The third-order valence-electron chi connectivity index (χ3n) is 4.21. The molecule has 1 unspecified atom stereocenters. The fourth-order valence-electron chi connectivity index (χ4n) is 2.65. The molecule has 0 bridgehead atoms. The zero-order valence-corrected chi connectivity index (χ0v) is 18.2. The second-order valence-electron chi connectivity index (χ2n) is 6.69. The number of amides is 2. The molecular weight excluding hydrogens is 463 g/mol. The van der Waals surface area contributed by atoms with Gasteiger partial charge in [0.05, 0.1) is 10.2 Å². The Morgan fingerprint density at radius 2 is 1.88 bits per heavy atom. The molecule has 0 saturated carbocycles. The van der Waals surface area contributed by atoms with Gasteiger partial charge in [-0.1, -0.05) is 48.6 Å². The third kappa shape index (κ3) is 7.83. The average Bonchev–Trinajstić information content (AvgIpc) is 3.16. The molecule has 8 nitrogen and oxygen atoms in total. The first-order chi connectivity index (χ1) is 15.7. The summed E-state index contributed by atoms with van der Waals surface area (Å²) in [7, 11) is 0. The van der Waals surface area contributed by atoms with Gasteiger partial charge in [-0.15, -0.1) is 13.2 Å². The molecule has 1 heterocycles. The zero-order valence-electron chi connectivity index (χ0n) is 17.3. The summed E-state index contributed by atoms with van der Waals surface area (Å²) in [5, 5.41) is 5.16. The largest absolute Gasteiger partial charge is 0.573 e. The van der Waals surface area contributed by atoms with Gasteiger partial charge >= 0.3 is 18.5 Å². The van der Waals surface area contributed by atoms with Gasteiger partial charge in [0.25, 0.3) is 0 Å². The Kier molecular flexibility index (Phi) is 7.93. The van der Waals surface area contributed by atoms with Crippen LogP contribution in [0.2, 0.25) is 0 Å². The van der Waals surface area contributed by atoms with Gasteiger partial charge in [0.1, 0.15) is 18.5 Å². The molecule has 0 aliphatic carbocycles. The van der Waals surface area contributed by atoms with Crippen LogP contribution in [0.25, 0.3) is 10.2 Å². The monoisotopic (exact) mass is 483 g/mol. The molecule has 0 fully saturated rings. The van der Waals surface area contributed by atoms with E-state index in [1.807, 2.05) is 30.3 Å². The van der Waals surface area contributed by atoms with Crippen molar-refractivity contribution in [3.63, 3.8) is 0 Å². The lowest BCUT2D eigenvalue weighted by atomic mass is 10.2. The first-order valence-corrected chi connectivity index (χ1v) is 10.6. The topological polar surface area (TPSA) is 98.8 Å². The molecule has 2 amide bonds. The van der Waals surface area contributed by atoms with E-state index in [0.29, 0.717) is 23.2 Å². The van der Waals surface area contributed by atoms with Crippen LogP contribution in [0.1, 0.15) is 18.9 Å². The highest BCUT2D eigenvalue weighted by Gasteiger charge is 2.31. The summed E-state index contributed by atoms with van der Waals surface area (Å²) in [5.74, 6) is -0.388. The van der Waals surface area contributed by atoms with Crippen molar-refractivity contribution in [2.24, 2.45) is 0 Å². The van der Waals surface area contributed by atoms with Crippen molar-refractivity contribution in [2.75, 3.05) is 11.9 Å². The number of halogens is 3. The van der Waals surface area contributed by atoms with Crippen molar-refractivity contribution in [1.29, 1.82) is 0 Å². The van der Waals surface area contributed by atoms with Crippen molar-refractivity contribution in [1.82, 2.24) is 10.3 Å². The number of nitrogens with zero attached hydrogens (tertiary/aromatic N) is 1. The van der Waals surface area contributed by atoms with E-state index in [1.54, 1.807) is 6.92 Å².